The summed E-state index contributed by atoms with van der Waals surface area (Å²) >= 11 is 0. The van der Waals surface area contributed by atoms with E-state index in [-0.39, 0.29) is 10.6 Å². The van der Waals surface area contributed by atoms with Crippen LogP contribution in [0, 0.1) is 13.8 Å². The first-order valence-corrected chi connectivity index (χ1v) is 14.0. The van der Waals surface area contributed by atoms with E-state index in [1.807, 2.05) is 38.1 Å². The number of sulfonamides is 2. The number of nitrogens with zero attached hydrogens (tertiary/aromatic N) is 2. The van der Waals surface area contributed by atoms with E-state index in [1.54, 1.807) is 55.5 Å². The van der Waals surface area contributed by atoms with Crippen molar-refractivity contribution in [1.82, 2.24) is 4.41 Å². The van der Waals surface area contributed by atoms with E-state index in [0.717, 1.165) is 22.3 Å². The van der Waals surface area contributed by atoms with E-state index in [9.17, 15) is 16.8 Å². The fourth-order valence-corrected chi connectivity index (χ4v) is 5.80. The van der Waals surface area contributed by atoms with Crippen molar-refractivity contribution in [2.75, 3.05) is 10.5 Å². The average molecular weight is 498 g/mol. The van der Waals surface area contributed by atoms with Gasteiger partial charge in [-0.05, 0) is 56.2 Å². The number of hydrogen-bond donors (Lipinski definition) is 1. The third-order valence-electron chi connectivity index (χ3n) is 5.77. The monoisotopic (exact) mass is 497 g/mol. The molecular weight excluding hydrogens is 470 g/mol. The SMILES string of the molecule is CCS(=O)(=O)Nc1ccc(C2=NN(S(=O)(=O)c3ccc(C)cc3)[C@@H](c3ccc(C)cc3)C2)cc1. The maximum atomic E-state index is 13.6. The highest BCUT2D eigenvalue weighted by atomic mass is 32.2. The van der Waals surface area contributed by atoms with Crippen molar-refractivity contribution in [3.63, 3.8) is 0 Å². The molecule has 34 heavy (non-hydrogen) atoms. The molecule has 0 saturated carbocycles. The normalized spacial score (nSPS) is 16.4. The highest BCUT2D eigenvalue weighted by molar-refractivity contribution is 7.92. The van der Waals surface area contributed by atoms with Crippen molar-refractivity contribution in [1.29, 1.82) is 0 Å². The minimum absolute atomic E-state index is 0.0223. The van der Waals surface area contributed by atoms with Crippen LogP contribution in [-0.2, 0) is 20.0 Å². The Morgan fingerprint density at radius 1 is 0.853 bits per heavy atom. The van der Waals surface area contributed by atoms with Gasteiger partial charge in [-0.3, -0.25) is 4.72 Å². The largest absolute Gasteiger partial charge is 0.284 e. The van der Waals surface area contributed by atoms with Crippen LogP contribution < -0.4 is 4.72 Å². The maximum Gasteiger partial charge on any atom is 0.279 e. The first-order valence-electron chi connectivity index (χ1n) is 10.9. The molecule has 0 fully saturated rings. The lowest BCUT2D eigenvalue weighted by molar-refractivity contribution is 0.371. The lowest BCUT2D eigenvalue weighted by Crippen LogP contribution is -2.27. The topological polar surface area (TPSA) is 95.9 Å². The first-order chi connectivity index (χ1) is 16.1. The molecular formula is C25H27N3O4S2. The Morgan fingerprint density at radius 3 is 1.97 bits per heavy atom. The van der Waals surface area contributed by atoms with E-state index in [4.69, 9.17) is 0 Å². The molecule has 0 unspecified atom stereocenters. The molecule has 7 nitrogen and oxygen atoms in total. The predicted molar refractivity (Wildman–Crippen MR) is 135 cm³/mol. The van der Waals surface area contributed by atoms with Crippen LogP contribution in [-0.4, -0.2) is 32.7 Å². The molecule has 1 aliphatic rings. The molecule has 1 atom stereocenters. The van der Waals surface area contributed by atoms with E-state index < -0.39 is 26.1 Å². The lowest BCUT2D eigenvalue weighted by Gasteiger charge is -2.23. The zero-order valence-corrected chi connectivity index (χ0v) is 20.9. The van der Waals surface area contributed by atoms with Gasteiger partial charge in [-0.2, -0.15) is 17.9 Å². The van der Waals surface area contributed by atoms with E-state index >= 15 is 0 Å². The molecule has 0 aromatic heterocycles. The average Bonchev–Trinajstić information content (AvgIpc) is 3.26. The van der Waals surface area contributed by atoms with E-state index in [1.165, 1.54) is 4.41 Å². The van der Waals surface area contributed by atoms with Crippen LogP contribution in [0.5, 0.6) is 0 Å². The fraction of sp³-hybridized carbons (Fsp3) is 0.240. The molecule has 1 N–H and O–H groups in total. The first kappa shape index (κ1) is 24.0. The van der Waals surface area contributed by atoms with Gasteiger partial charge in [-0.25, -0.2) is 8.42 Å². The summed E-state index contributed by atoms with van der Waals surface area (Å²) in [6.07, 6.45) is 0.397. The second kappa shape index (κ2) is 9.23. The van der Waals surface area contributed by atoms with Crippen molar-refractivity contribution in [2.24, 2.45) is 5.10 Å². The number of rotatable bonds is 7. The Bertz CT molecular complexity index is 1410. The van der Waals surface area contributed by atoms with Gasteiger partial charge in [0.05, 0.1) is 22.4 Å². The van der Waals surface area contributed by atoms with Gasteiger partial charge in [0.1, 0.15) is 0 Å². The molecule has 0 radical (unpaired) electrons. The van der Waals surface area contributed by atoms with Gasteiger partial charge in [0.2, 0.25) is 10.0 Å². The molecule has 4 rings (SSSR count). The molecule has 0 spiro atoms. The minimum Gasteiger partial charge on any atom is -0.284 e. The number of hydrazone groups is 1. The zero-order chi connectivity index (χ0) is 24.5. The summed E-state index contributed by atoms with van der Waals surface area (Å²) in [5.41, 5.74) is 4.71. The van der Waals surface area contributed by atoms with Gasteiger partial charge >= 0.3 is 0 Å². The summed E-state index contributed by atoms with van der Waals surface area (Å²) in [7, 11) is -7.27. The smallest absolute Gasteiger partial charge is 0.279 e. The van der Waals surface area contributed by atoms with Crippen molar-refractivity contribution in [2.45, 2.75) is 38.1 Å². The minimum atomic E-state index is -3.89. The number of hydrogen-bond acceptors (Lipinski definition) is 5. The van der Waals surface area contributed by atoms with Gasteiger partial charge in [0.25, 0.3) is 10.0 Å². The Morgan fingerprint density at radius 2 is 1.41 bits per heavy atom. The van der Waals surface area contributed by atoms with Crippen molar-refractivity contribution in [3.05, 3.63) is 95.1 Å². The van der Waals surface area contributed by atoms with Crippen LogP contribution in [0.25, 0.3) is 0 Å². The summed E-state index contributed by atoms with van der Waals surface area (Å²) in [6, 6.07) is 20.8. The standard InChI is InChI=1S/C25H27N3O4S2/c1-4-33(29,30)27-22-13-11-20(12-14-22)24-17-25(21-9-5-18(2)6-10-21)28(26-24)34(31,32)23-15-7-19(3)8-16-23/h5-16,25,27H,4,17H2,1-3H3/t25-/m1/s1. The van der Waals surface area contributed by atoms with Crippen LogP contribution >= 0.6 is 0 Å². The van der Waals surface area contributed by atoms with Gasteiger partial charge < -0.3 is 0 Å². The Hall–Kier alpha value is -3.17. The van der Waals surface area contributed by atoms with Gasteiger partial charge in [-0.15, -0.1) is 0 Å². The number of anilines is 1. The summed E-state index contributed by atoms with van der Waals surface area (Å²) in [4.78, 5) is 0.185. The molecule has 0 amide bonds. The summed E-state index contributed by atoms with van der Waals surface area (Å²) in [5, 5.41) is 4.55. The number of aryl methyl sites for hydroxylation is 2. The van der Waals surface area contributed by atoms with Crippen LogP contribution in [0.4, 0.5) is 5.69 Å². The second-order valence-electron chi connectivity index (χ2n) is 8.35. The molecule has 178 valence electrons. The zero-order valence-electron chi connectivity index (χ0n) is 19.3. The van der Waals surface area contributed by atoms with Crippen LogP contribution in [0.2, 0.25) is 0 Å². The van der Waals surface area contributed by atoms with Crippen LogP contribution in [0.3, 0.4) is 0 Å². The Kier molecular flexibility index (Phi) is 6.51. The quantitative estimate of drug-likeness (QED) is 0.516. The molecule has 3 aromatic carbocycles. The van der Waals surface area contributed by atoms with Crippen LogP contribution in [0.1, 0.15) is 41.6 Å². The second-order valence-corrected chi connectivity index (χ2v) is 12.2. The highest BCUT2D eigenvalue weighted by Gasteiger charge is 2.37. The van der Waals surface area contributed by atoms with Gasteiger partial charge in [0.15, 0.2) is 0 Å². The van der Waals surface area contributed by atoms with Crippen molar-refractivity contribution >= 4 is 31.4 Å². The van der Waals surface area contributed by atoms with Crippen molar-refractivity contribution in [3.8, 4) is 0 Å². The molecule has 0 bridgehead atoms. The molecule has 9 heteroatoms. The summed E-state index contributed by atoms with van der Waals surface area (Å²) in [5.74, 6) is -0.0223. The fourth-order valence-electron chi connectivity index (χ4n) is 3.72. The molecule has 0 aliphatic carbocycles. The van der Waals surface area contributed by atoms with Gasteiger partial charge in [0, 0.05) is 12.1 Å². The van der Waals surface area contributed by atoms with E-state index in [0.29, 0.717) is 17.8 Å². The van der Waals surface area contributed by atoms with Gasteiger partial charge in [-0.1, -0.05) is 59.7 Å². The molecule has 1 heterocycles. The van der Waals surface area contributed by atoms with Crippen LogP contribution in [0.15, 0.2) is 82.8 Å². The number of nitrogens with one attached hydrogen (secondary N) is 1. The Labute approximate surface area is 201 Å². The highest BCUT2D eigenvalue weighted by Crippen LogP contribution is 2.37. The lowest BCUT2D eigenvalue weighted by atomic mass is 9.98. The predicted octanol–water partition coefficient (Wildman–Crippen LogP) is 4.61. The third-order valence-corrected chi connectivity index (χ3v) is 8.77. The maximum absolute atomic E-state index is 13.6. The third kappa shape index (κ3) is 5.00. The van der Waals surface area contributed by atoms with Crippen molar-refractivity contribution < 1.29 is 16.8 Å². The molecule has 3 aromatic rings. The van der Waals surface area contributed by atoms with E-state index in [2.05, 4.69) is 9.82 Å². The molecule has 1 aliphatic heterocycles. The summed E-state index contributed by atoms with van der Waals surface area (Å²) in [6.45, 7) is 5.45. The Balaban J connectivity index is 1.71. The summed E-state index contributed by atoms with van der Waals surface area (Å²) < 4.78 is 54.5. The number of benzene rings is 3. The molecule has 0 saturated heterocycles.